The summed E-state index contributed by atoms with van der Waals surface area (Å²) in [6.07, 6.45) is 7.63. The van der Waals surface area contributed by atoms with Crippen molar-refractivity contribution in [1.29, 1.82) is 0 Å². The summed E-state index contributed by atoms with van der Waals surface area (Å²) in [5.74, 6) is 0.610. The number of aromatic nitrogens is 1. The summed E-state index contributed by atoms with van der Waals surface area (Å²) in [5.41, 5.74) is 0.698. The summed E-state index contributed by atoms with van der Waals surface area (Å²) < 4.78 is 0. The van der Waals surface area contributed by atoms with Crippen LogP contribution in [0.2, 0.25) is 0 Å². The Morgan fingerprint density at radius 1 is 1.05 bits per heavy atom. The highest BCUT2D eigenvalue weighted by atomic mass is 16.2. The minimum atomic E-state index is 0.0594. The van der Waals surface area contributed by atoms with Crippen LogP contribution in [-0.4, -0.2) is 52.8 Å². The summed E-state index contributed by atoms with van der Waals surface area (Å²) in [7, 11) is 0. The molecule has 5 heteroatoms. The molecule has 3 rings (SSSR count). The lowest BCUT2D eigenvalue weighted by atomic mass is 9.84. The molecule has 5 nitrogen and oxygen atoms in total. The van der Waals surface area contributed by atoms with Crippen LogP contribution < -0.4 is 0 Å². The molecule has 2 amide bonds. The molecule has 20 heavy (non-hydrogen) atoms. The second kappa shape index (κ2) is 5.69. The zero-order valence-electron chi connectivity index (χ0n) is 11.7. The van der Waals surface area contributed by atoms with E-state index in [0.717, 1.165) is 32.4 Å². The van der Waals surface area contributed by atoms with E-state index in [1.165, 1.54) is 6.42 Å². The molecule has 0 spiro atoms. The van der Waals surface area contributed by atoms with Crippen molar-refractivity contribution in [1.82, 2.24) is 14.8 Å². The van der Waals surface area contributed by atoms with E-state index in [-0.39, 0.29) is 11.8 Å². The molecule has 0 radical (unpaired) electrons. The van der Waals surface area contributed by atoms with Gasteiger partial charge in [-0.1, -0.05) is 6.42 Å². The van der Waals surface area contributed by atoms with Gasteiger partial charge in [0.2, 0.25) is 5.91 Å². The van der Waals surface area contributed by atoms with Crippen LogP contribution in [-0.2, 0) is 4.79 Å². The number of carbonyl (C=O) groups is 2. The number of hydrogen-bond donors (Lipinski definition) is 1. The molecule has 1 aromatic heterocycles. The van der Waals surface area contributed by atoms with Crippen LogP contribution in [0, 0.1) is 5.92 Å². The maximum atomic E-state index is 12.3. The monoisotopic (exact) mass is 275 g/mol. The van der Waals surface area contributed by atoms with E-state index < -0.39 is 0 Å². The van der Waals surface area contributed by atoms with E-state index in [0.29, 0.717) is 24.6 Å². The van der Waals surface area contributed by atoms with Gasteiger partial charge in [-0.05, 0) is 25.3 Å². The third kappa shape index (κ3) is 2.57. The molecule has 0 atom stereocenters. The minimum Gasteiger partial charge on any atom is -0.367 e. The van der Waals surface area contributed by atoms with Gasteiger partial charge in [0.05, 0.1) is 5.56 Å². The molecule has 2 heterocycles. The van der Waals surface area contributed by atoms with E-state index >= 15 is 0 Å². The van der Waals surface area contributed by atoms with Gasteiger partial charge in [0.15, 0.2) is 0 Å². The molecular weight excluding hydrogens is 254 g/mol. The summed E-state index contributed by atoms with van der Waals surface area (Å²) in [6.45, 7) is 2.83. The van der Waals surface area contributed by atoms with Crippen LogP contribution in [0.3, 0.4) is 0 Å². The summed E-state index contributed by atoms with van der Waals surface area (Å²) >= 11 is 0. The minimum absolute atomic E-state index is 0.0594. The number of rotatable bonds is 2. The molecule has 2 aliphatic rings. The second-order valence-electron chi connectivity index (χ2n) is 5.70. The van der Waals surface area contributed by atoms with E-state index in [1.54, 1.807) is 18.5 Å². The van der Waals surface area contributed by atoms with Crippen LogP contribution in [0.1, 0.15) is 36.0 Å². The van der Waals surface area contributed by atoms with E-state index in [2.05, 4.69) is 4.98 Å². The Labute approximate surface area is 118 Å². The first-order valence-electron chi connectivity index (χ1n) is 7.46. The zero-order chi connectivity index (χ0) is 13.9. The molecule has 108 valence electrons. The Kier molecular flexibility index (Phi) is 3.76. The Balaban J connectivity index is 1.59. The average molecular weight is 275 g/mol. The van der Waals surface area contributed by atoms with E-state index in [1.807, 2.05) is 9.80 Å². The molecule has 1 aliphatic carbocycles. The largest absolute Gasteiger partial charge is 0.367 e. The molecule has 0 unspecified atom stereocenters. The topological polar surface area (TPSA) is 56.4 Å². The standard InChI is InChI=1S/C15H21N3O2/c19-14(12-3-1-4-12)17-7-2-8-18(10-9-17)15(20)13-5-6-16-11-13/h5-6,11-12,16H,1-4,7-10H2. The third-order valence-corrected chi connectivity index (χ3v) is 4.39. The SMILES string of the molecule is O=C(c1cc[nH]c1)N1CCCN(C(=O)C2CCC2)CC1. The van der Waals surface area contributed by atoms with Crippen molar-refractivity contribution >= 4 is 11.8 Å². The summed E-state index contributed by atoms with van der Waals surface area (Å²) in [4.78, 5) is 31.3. The van der Waals surface area contributed by atoms with Gasteiger partial charge < -0.3 is 14.8 Å². The molecule has 2 fully saturated rings. The number of amides is 2. The molecule has 1 aromatic rings. The van der Waals surface area contributed by atoms with E-state index in [4.69, 9.17) is 0 Å². The van der Waals surface area contributed by atoms with Crippen molar-refractivity contribution in [2.45, 2.75) is 25.7 Å². The fourth-order valence-corrected chi connectivity index (χ4v) is 2.89. The normalized spacial score (nSPS) is 20.4. The number of H-pyrrole nitrogens is 1. The average Bonchev–Trinajstić information content (AvgIpc) is 2.80. The second-order valence-corrected chi connectivity index (χ2v) is 5.70. The Morgan fingerprint density at radius 2 is 1.80 bits per heavy atom. The lowest BCUT2D eigenvalue weighted by Crippen LogP contribution is -2.41. The predicted octanol–water partition coefficient (Wildman–Crippen LogP) is 1.49. The number of carbonyl (C=O) groups excluding carboxylic acids is 2. The Bertz CT molecular complexity index is 479. The molecular formula is C15H21N3O2. The molecule has 1 saturated heterocycles. The van der Waals surface area contributed by atoms with Gasteiger partial charge in [-0.2, -0.15) is 0 Å². The van der Waals surface area contributed by atoms with Crippen LogP contribution in [0.5, 0.6) is 0 Å². The van der Waals surface area contributed by atoms with Crippen molar-refractivity contribution in [3.8, 4) is 0 Å². The molecule has 0 aromatic carbocycles. The van der Waals surface area contributed by atoms with Crippen LogP contribution in [0.25, 0.3) is 0 Å². The van der Waals surface area contributed by atoms with Gasteiger partial charge in [-0.15, -0.1) is 0 Å². The first-order valence-corrected chi connectivity index (χ1v) is 7.46. The number of nitrogens with one attached hydrogen (secondary N) is 1. The quantitative estimate of drug-likeness (QED) is 0.889. The maximum absolute atomic E-state index is 12.3. The predicted molar refractivity (Wildman–Crippen MR) is 75.2 cm³/mol. The lowest BCUT2D eigenvalue weighted by molar-refractivity contribution is -0.138. The lowest BCUT2D eigenvalue weighted by Gasteiger charge is -2.31. The summed E-state index contributed by atoms with van der Waals surface area (Å²) in [5, 5.41) is 0. The van der Waals surface area contributed by atoms with E-state index in [9.17, 15) is 9.59 Å². The maximum Gasteiger partial charge on any atom is 0.255 e. The van der Waals surface area contributed by atoms with Crippen molar-refractivity contribution in [2.24, 2.45) is 5.92 Å². The van der Waals surface area contributed by atoms with Crippen molar-refractivity contribution < 1.29 is 9.59 Å². The highest BCUT2D eigenvalue weighted by Crippen LogP contribution is 2.28. The van der Waals surface area contributed by atoms with Crippen molar-refractivity contribution in [3.63, 3.8) is 0 Å². The number of nitrogens with zero attached hydrogens (tertiary/aromatic N) is 2. The summed E-state index contributed by atoms with van der Waals surface area (Å²) in [6, 6.07) is 1.80. The fraction of sp³-hybridized carbons (Fsp3) is 0.600. The zero-order valence-corrected chi connectivity index (χ0v) is 11.7. The van der Waals surface area contributed by atoms with Crippen molar-refractivity contribution in [3.05, 3.63) is 24.0 Å². The molecule has 1 N–H and O–H groups in total. The van der Waals surface area contributed by atoms with Gasteiger partial charge in [0, 0.05) is 44.5 Å². The van der Waals surface area contributed by atoms with Crippen molar-refractivity contribution in [2.75, 3.05) is 26.2 Å². The fourth-order valence-electron chi connectivity index (χ4n) is 2.89. The van der Waals surface area contributed by atoms with Crippen LogP contribution >= 0.6 is 0 Å². The highest BCUT2D eigenvalue weighted by molar-refractivity contribution is 5.94. The molecule has 1 saturated carbocycles. The number of aromatic amines is 1. The highest BCUT2D eigenvalue weighted by Gasteiger charge is 2.31. The van der Waals surface area contributed by atoms with Gasteiger partial charge in [0.25, 0.3) is 5.91 Å². The van der Waals surface area contributed by atoms with Gasteiger partial charge in [-0.25, -0.2) is 0 Å². The molecule has 0 bridgehead atoms. The third-order valence-electron chi connectivity index (χ3n) is 4.39. The Hall–Kier alpha value is -1.78. The van der Waals surface area contributed by atoms with Gasteiger partial charge >= 0.3 is 0 Å². The first kappa shape index (κ1) is 13.2. The first-order chi connectivity index (χ1) is 9.75. The Morgan fingerprint density at radius 3 is 2.45 bits per heavy atom. The van der Waals surface area contributed by atoms with Crippen LogP contribution in [0.4, 0.5) is 0 Å². The number of hydrogen-bond acceptors (Lipinski definition) is 2. The van der Waals surface area contributed by atoms with Gasteiger partial charge in [-0.3, -0.25) is 9.59 Å². The smallest absolute Gasteiger partial charge is 0.255 e. The van der Waals surface area contributed by atoms with Gasteiger partial charge in [0.1, 0.15) is 0 Å². The molecule has 1 aliphatic heterocycles. The van der Waals surface area contributed by atoms with Crippen LogP contribution in [0.15, 0.2) is 18.5 Å².